The van der Waals surface area contributed by atoms with Gasteiger partial charge >= 0.3 is 0 Å². The normalized spacial score (nSPS) is 21.0. The number of aromatic nitrogens is 1. The van der Waals surface area contributed by atoms with Crippen LogP contribution in [0.25, 0.3) is 0 Å². The number of carbonyl (C=O) groups excluding carboxylic acids is 2. The summed E-state index contributed by atoms with van der Waals surface area (Å²) in [6.07, 6.45) is -0.526. The van der Waals surface area contributed by atoms with Crippen LogP contribution in [0, 0.1) is 12.8 Å². The number of halogens is 1. The minimum absolute atomic E-state index is 0.0482. The van der Waals surface area contributed by atoms with Gasteiger partial charge in [-0.1, -0.05) is 47.1 Å². The van der Waals surface area contributed by atoms with Crippen LogP contribution in [-0.4, -0.2) is 45.7 Å². The van der Waals surface area contributed by atoms with Gasteiger partial charge in [0.05, 0.1) is 17.8 Å². The predicted octanol–water partition coefficient (Wildman–Crippen LogP) is 3.32. The van der Waals surface area contributed by atoms with Gasteiger partial charge in [-0.3, -0.25) is 9.59 Å². The molecule has 7 nitrogen and oxygen atoms in total. The Bertz CT molecular complexity index is 896. The minimum Gasteiger partial charge on any atom is -0.391 e. The Morgan fingerprint density at radius 2 is 1.93 bits per heavy atom. The molecule has 2 N–H and O–H groups in total. The lowest BCUT2D eigenvalue weighted by molar-refractivity contribution is -0.141. The van der Waals surface area contributed by atoms with Crippen molar-refractivity contribution in [3.63, 3.8) is 0 Å². The molecule has 0 radical (unpaired) electrons. The van der Waals surface area contributed by atoms with Crippen LogP contribution in [0.1, 0.15) is 56.2 Å². The Kier molecular flexibility index (Phi) is 6.98. The van der Waals surface area contributed by atoms with E-state index in [1.165, 1.54) is 4.90 Å². The molecule has 8 heteroatoms. The van der Waals surface area contributed by atoms with Crippen molar-refractivity contribution < 1.29 is 19.2 Å². The van der Waals surface area contributed by atoms with Gasteiger partial charge in [0.1, 0.15) is 17.7 Å². The molecule has 0 bridgehead atoms. The van der Waals surface area contributed by atoms with E-state index in [1.807, 2.05) is 45.0 Å². The van der Waals surface area contributed by atoms with Crippen LogP contribution in [0.2, 0.25) is 0 Å². The fourth-order valence-electron chi connectivity index (χ4n) is 3.89. The smallest absolute Gasteiger partial charge is 0.243 e. The van der Waals surface area contributed by atoms with Crippen molar-refractivity contribution in [1.82, 2.24) is 15.4 Å². The maximum Gasteiger partial charge on any atom is 0.243 e. The number of nitrogens with zero attached hydrogens (tertiary/aromatic N) is 2. The van der Waals surface area contributed by atoms with E-state index in [4.69, 9.17) is 4.52 Å². The molecule has 1 fully saturated rings. The molecular weight excluding hydrogens is 450 g/mol. The second kappa shape index (κ2) is 9.31. The Morgan fingerprint density at radius 1 is 1.27 bits per heavy atom. The number of hydrogen-bond donors (Lipinski definition) is 2. The molecular formula is C22H28BrN3O4. The van der Waals surface area contributed by atoms with Gasteiger partial charge in [-0.2, -0.15) is 0 Å². The number of benzene rings is 1. The number of β-amino-alcohol motifs (C(OH)–C–C–N with tert-alkyl or cyclic N) is 1. The second-order valence-corrected chi connectivity index (χ2v) is 9.19. The van der Waals surface area contributed by atoms with Crippen molar-refractivity contribution >= 4 is 27.7 Å². The average Bonchev–Trinajstić information content (AvgIpc) is 3.27. The van der Waals surface area contributed by atoms with Crippen molar-refractivity contribution in [1.29, 1.82) is 0 Å². The summed E-state index contributed by atoms with van der Waals surface area (Å²) in [6, 6.07) is 8.50. The summed E-state index contributed by atoms with van der Waals surface area (Å²) in [4.78, 5) is 27.9. The largest absolute Gasteiger partial charge is 0.391 e. The van der Waals surface area contributed by atoms with E-state index in [2.05, 4.69) is 26.4 Å². The number of aryl methyl sites for hydroxylation is 1. The highest BCUT2D eigenvalue weighted by molar-refractivity contribution is 9.10. The maximum atomic E-state index is 13.4. The zero-order valence-corrected chi connectivity index (χ0v) is 19.2. The summed E-state index contributed by atoms with van der Waals surface area (Å²) in [5.74, 6) is -0.624. The molecule has 2 heterocycles. The lowest BCUT2D eigenvalue weighted by atomic mass is 9.91. The minimum atomic E-state index is -0.739. The first-order chi connectivity index (χ1) is 14.2. The Labute approximate surface area is 184 Å². The van der Waals surface area contributed by atoms with Gasteiger partial charge in [0.15, 0.2) is 0 Å². The number of carbonyl (C=O) groups is 2. The molecule has 30 heavy (non-hydrogen) atoms. The molecule has 1 saturated heterocycles. The number of aliphatic hydroxyl groups excluding tert-OH is 1. The van der Waals surface area contributed by atoms with Crippen LogP contribution in [0.4, 0.5) is 0 Å². The Hall–Kier alpha value is -2.19. The number of rotatable bonds is 6. The Balaban J connectivity index is 1.77. The van der Waals surface area contributed by atoms with Crippen molar-refractivity contribution in [3.8, 4) is 0 Å². The van der Waals surface area contributed by atoms with Crippen LogP contribution in [0.3, 0.4) is 0 Å². The first-order valence-corrected chi connectivity index (χ1v) is 10.9. The topological polar surface area (TPSA) is 95.7 Å². The quantitative estimate of drug-likeness (QED) is 0.664. The number of likely N-dealkylation sites (tertiary alicyclic amines) is 1. The summed E-state index contributed by atoms with van der Waals surface area (Å²) < 4.78 is 6.32. The third kappa shape index (κ3) is 4.92. The van der Waals surface area contributed by atoms with E-state index in [0.29, 0.717) is 11.5 Å². The first-order valence-electron chi connectivity index (χ1n) is 10.1. The zero-order valence-electron chi connectivity index (χ0n) is 17.6. The third-order valence-corrected chi connectivity index (χ3v) is 6.01. The third-order valence-electron chi connectivity index (χ3n) is 5.48. The van der Waals surface area contributed by atoms with Gasteiger partial charge < -0.3 is 19.8 Å². The SMILES string of the molecule is Cc1cc(C(C(=O)N2C[C@H](O)C[C@H]2C(=O)N[C@@H](C)c2ccc(Br)cc2)C(C)C)on1. The van der Waals surface area contributed by atoms with E-state index in [0.717, 1.165) is 10.0 Å². The fourth-order valence-corrected chi connectivity index (χ4v) is 4.16. The van der Waals surface area contributed by atoms with E-state index in [9.17, 15) is 14.7 Å². The van der Waals surface area contributed by atoms with Crippen LogP contribution in [0.5, 0.6) is 0 Å². The lowest BCUT2D eigenvalue weighted by Gasteiger charge is -2.29. The van der Waals surface area contributed by atoms with Gasteiger partial charge in [0.2, 0.25) is 11.8 Å². The summed E-state index contributed by atoms with van der Waals surface area (Å²) in [5, 5.41) is 17.1. The molecule has 1 aliphatic heterocycles. The number of nitrogens with one attached hydrogen (secondary N) is 1. The van der Waals surface area contributed by atoms with Crippen molar-refractivity contribution in [2.45, 2.75) is 58.2 Å². The zero-order chi connectivity index (χ0) is 22.0. The van der Waals surface area contributed by atoms with Crippen molar-refractivity contribution in [2.24, 2.45) is 5.92 Å². The Morgan fingerprint density at radius 3 is 2.50 bits per heavy atom. The van der Waals surface area contributed by atoms with Gasteiger partial charge in [-0.15, -0.1) is 0 Å². The molecule has 0 spiro atoms. The predicted molar refractivity (Wildman–Crippen MR) is 116 cm³/mol. The van der Waals surface area contributed by atoms with E-state index in [-0.39, 0.29) is 36.7 Å². The summed E-state index contributed by atoms with van der Waals surface area (Å²) in [6.45, 7) is 7.68. The number of amides is 2. The summed E-state index contributed by atoms with van der Waals surface area (Å²) in [5.41, 5.74) is 1.66. The maximum absolute atomic E-state index is 13.4. The van der Waals surface area contributed by atoms with Crippen LogP contribution in [-0.2, 0) is 9.59 Å². The highest BCUT2D eigenvalue weighted by Gasteiger charge is 2.43. The van der Waals surface area contributed by atoms with E-state index in [1.54, 1.807) is 13.0 Å². The average molecular weight is 478 g/mol. The first kappa shape index (κ1) is 22.5. The van der Waals surface area contributed by atoms with Gasteiger partial charge in [-0.25, -0.2) is 0 Å². The molecule has 0 saturated carbocycles. The lowest BCUT2D eigenvalue weighted by Crippen LogP contribution is -2.48. The van der Waals surface area contributed by atoms with Crippen LogP contribution in [0.15, 0.2) is 39.3 Å². The molecule has 2 aromatic rings. The molecule has 1 aromatic heterocycles. The number of hydrogen-bond acceptors (Lipinski definition) is 5. The molecule has 1 aliphatic rings. The van der Waals surface area contributed by atoms with Gasteiger partial charge in [0.25, 0.3) is 0 Å². The monoisotopic (exact) mass is 477 g/mol. The molecule has 4 atom stereocenters. The molecule has 1 unspecified atom stereocenters. The summed E-state index contributed by atoms with van der Waals surface area (Å²) in [7, 11) is 0. The highest BCUT2D eigenvalue weighted by Crippen LogP contribution is 2.31. The van der Waals surface area contributed by atoms with Crippen LogP contribution < -0.4 is 5.32 Å². The van der Waals surface area contributed by atoms with Crippen molar-refractivity contribution in [3.05, 3.63) is 51.8 Å². The molecule has 0 aliphatic carbocycles. The molecule has 162 valence electrons. The number of aliphatic hydroxyl groups is 1. The van der Waals surface area contributed by atoms with E-state index >= 15 is 0 Å². The molecule has 1 aromatic carbocycles. The van der Waals surface area contributed by atoms with Gasteiger partial charge in [0, 0.05) is 23.5 Å². The van der Waals surface area contributed by atoms with Gasteiger partial charge in [-0.05, 0) is 37.5 Å². The molecule has 2 amide bonds. The molecule has 3 rings (SSSR count). The standard InChI is InChI=1S/C22H28BrN3O4/c1-12(2)20(19-9-13(3)25-30-19)22(29)26-11-17(27)10-18(26)21(28)24-14(4)15-5-7-16(23)8-6-15/h5-9,12,14,17-18,20,27H,10-11H2,1-4H3,(H,24,28)/t14-,17+,18-,20?/m0/s1. The fraction of sp³-hybridized carbons (Fsp3) is 0.500. The van der Waals surface area contributed by atoms with Crippen molar-refractivity contribution in [2.75, 3.05) is 6.54 Å². The second-order valence-electron chi connectivity index (χ2n) is 8.27. The van der Waals surface area contributed by atoms with E-state index < -0.39 is 18.1 Å². The van der Waals surface area contributed by atoms with Crippen LogP contribution >= 0.6 is 15.9 Å². The summed E-state index contributed by atoms with van der Waals surface area (Å²) >= 11 is 3.40. The highest BCUT2D eigenvalue weighted by atomic mass is 79.9.